The van der Waals surface area contributed by atoms with E-state index >= 15 is 0 Å². The maximum atomic E-state index is 3.54. The van der Waals surface area contributed by atoms with Gasteiger partial charge in [-0.1, -0.05) is 48.5 Å². The van der Waals surface area contributed by atoms with Gasteiger partial charge < -0.3 is 10.6 Å². The molecule has 0 amide bonds. The maximum Gasteiger partial charge on any atom is 0.0424 e. The first-order valence-electron chi connectivity index (χ1n) is 7.47. The number of para-hydroxylation sites is 1. The van der Waals surface area contributed by atoms with E-state index in [0.717, 1.165) is 19.5 Å². The van der Waals surface area contributed by atoms with Gasteiger partial charge in [0, 0.05) is 24.5 Å². The van der Waals surface area contributed by atoms with Crippen molar-refractivity contribution in [2.75, 3.05) is 17.2 Å². The van der Waals surface area contributed by atoms with Crippen LogP contribution < -0.4 is 10.6 Å². The zero-order valence-electron chi connectivity index (χ0n) is 11.9. The standard InChI is InChI=1S/C19H18N2/c1-2-5-16-12-18(9-8-14(16)4-1)21-13-17-7-3-6-15-10-11-20-19(15)17/h1-9,12,20-21H,10-11,13H2. The molecule has 2 nitrogen and oxygen atoms in total. The molecule has 2 heteroatoms. The van der Waals surface area contributed by atoms with E-state index in [-0.39, 0.29) is 0 Å². The Labute approximate surface area is 124 Å². The molecule has 1 aliphatic rings. The zero-order chi connectivity index (χ0) is 14.1. The van der Waals surface area contributed by atoms with Crippen molar-refractivity contribution < 1.29 is 0 Å². The van der Waals surface area contributed by atoms with Crippen molar-refractivity contribution in [3.05, 3.63) is 71.8 Å². The van der Waals surface area contributed by atoms with Crippen LogP contribution in [-0.4, -0.2) is 6.54 Å². The molecule has 0 radical (unpaired) electrons. The lowest BCUT2D eigenvalue weighted by Crippen LogP contribution is -2.03. The Morgan fingerprint density at radius 2 is 1.81 bits per heavy atom. The second-order valence-electron chi connectivity index (χ2n) is 5.54. The molecular weight excluding hydrogens is 256 g/mol. The van der Waals surface area contributed by atoms with Gasteiger partial charge in [0.25, 0.3) is 0 Å². The molecule has 1 heterocycles. The van der Waals surface area contributed by atoms with Crippen molar-refractivity contribution in [2.45, 2.75) is 13.0 Å². The zero-order valence-corrected chi connectivity index (χ0v) is 11.9. The van der Waals surface area contributed by atoms with Gasteiger partial charge >= 0.3 is 0 Å². The van der Waals surface area contributed by atoms with Crippen LogP contribution in [0.15, 0.2) is 60.7 Å². The SMILES string of the molecule is c1cc2c(c(CNc3ccc4ccccc4c3)c1)NCC2. The van der Waals surface area contributed by atoms with E-state index in [9.17, 15) is 0 Å². The van der Waals surface area contributed by atoms with Gasteiger partial charge in [-0.15, -0.1) is 0 Å². The molecule has 0 atom stereocenters. The Morgan fingerprint density at radius 3 is 2.76 bits per heavy atom. The predicted molar refractivity (Wildman–Crippen MR) is 89.9 cm³/mol. The van der Waals surface area contributed by atoms with Crippen molar-refractivity contribution in [2.24, 2.45) is 0 Å². The highest BCUT2D eigenvalue weighted by molar-refractivity contribution is 5.85. The molecule has 0 unspecified atom stereocenters. The van der Waals surface area contributed by atoms with Crippen molar-refractivity contribution in [3.63, 3.8) is 0 Å². The molecule has 3 aromatic rings. The minimum atomic E-state index is 0.856. The van der Waals surface area contributed by atoms with Crippen LogP contribution in [0.25, 0.3) is 10.8 Å². The summed E-state index contributed by atoms with van der Waals surface area (Å²) in [6.45, 7) is 1.91. The molecule has 2 N–H and O–H groups in total. The second-order valence-corrected chi connectivity index (χ2v) is 5.54. The fourth-order valence-corrected chi connectivity index (χ4v) is 3.05. The van der Waals surface area contributed by atoms with Gasteiger partial charge in [0.05, 0.1) is 0 Å². The first kappa shape index (κ1) is 12.3. The number of anilines is 2. The van der Waals surface area contributed by atoms with Crippen LogP contribution in [0.1, 0.15) is 11.1 Å². The normalized spacial score (nSPS) is 13.0. The lowest BCUT2D eigenvalue weighted by molar-refractivity contribution is 1.11. The highest BCUT2D eigenvalue weighted by atomic mass is 14.9. The number of hydrogen-bond acceptors (Lipinski definition) is 2. The van der Waals surface area contributed by atoms with Crippen LogP contribution in [0.3, 0.4) is 0 Å². The first-order chi connectivity index (χ1) is 10.4. The van der Waals surface area contributed by atoms with Gasteiger partial charge in [-0.25, -0.2) is 0 Å². The third kappa shape index (κ3) is 2.33. The summed E-state index contributed by atoms with van der Waals surface area (Å²) in [7, 11) is 0. The van der Waals surface area contributed by atoms with E-state index in [1.165, 1.54) is 33.3 Å². The highest BCUT2D eigenvalue weighted by Gasteiger charge is 2.13. The lowest BCUT2D eigenvalue weighted by atomic mass is 10.1. The van der Waals surface area contributed by atoms with E-state index in [1.807, 2.05) is 0 Å². The van der Waals surface area contributed by atoms with Crippen LogP contribution in [0.4, 0.5) is 11.4 Å². The lowest BCUT2D eigenvalue weighted by Gasteiger charge is -2.11. The van der Waals surface area contributed by atoms with Crippen molar-refractivity contribution in [1.82, 2.24) is 0 Å². The predicted octanol–water partition coefficient (Wildman–Crippen LogP) is 4.42. The van der Waals surface area contributed by atoms with Crippen LogP contribution in [0.5, 0.6) is 0 Å². The Morgan fingerprint density at radius 1 is 0.905 bits per heavy atom. The summed E-state index contributed by atoms with van der Waals surface area (Å²) in [4.78, 5) is 0. The van der Waals surface area contributed by atoms with Crippen LogP contribution >= 0.6 is 0 Å². The molecule has 0 spiro atoms. The van der Waals surface area contributed by atoms with E-state index < -0.39 is 0 Å². The van der Waals surface area contributed by atoms with Crippen molar-refractivity contribution in [3.8, 4) is 0 Å². The van der Waals surface area contributed by atoms with Crippen molar-refractivity contribution in [1.29, 1.82) is 0 Å². The molecule has 0 fully saturated rings. The summed E-state index contributed by atoms with van der Waals surface area (Å²) < 4.78 is 0. The van der Waals surface area contributed by atoms with Gasteiger partial charge in [0.1, 0.15) is 0 Å². The Bertz CT molecular complexity index is 792. The average molecular weight is 274 g/mol. The van der Waals surface area contributed by atoms with Gasteiger partial charge in [-0.05, 0) is 40.5 Å². The number of benzene rings is 3. The third-order valence-electron chi connectivity index (χ3n) is 4.17. The third-order valence-corrected chi connectivity index (χ3v) is 4.17. The fourth-order valence-electron chi connectivity index (χ4n) is 3.05. The summed E-state index contributed by atoms with van der Waals surface area (Å²) in [5.74, 6) is 0. The van der Waals surface area contributed by atoms with Gasteiger partial charge in [0.15, 0.2) is 0 Å². The Hall–Kier alpha value is -2.48. The molecule has 0 aromatic heterocycles. The van der Waals surface area contributed by atoms with Gasteiger partial charge in [-0.2, -0.15) is 0 Å². The molecular formula is C19H18N2. The molecule has 0 saturated heterocycles. The second kappa shape index (κ2) is 5.13. The number of rotatable bonds is 3. The largest absolute Gasteiger partial charge is 0.384 e. The molecule has 0 bridgehead atoms. The molecule has 4 rings (SSSR count). The first-order valence-corrected chi connectivity index (χ1v) is 7.47. The summed E-state index contributed by atoms with van der Waals surface area (Å²) in [5.41, 5.74) is 5.28. The summed E-state index contributed by atoms with van der Waals surface area (Å²) in [6, 6.07) is 21.6. The quantitative estimate of drug-likeness (QED) is 0.738. The van der Waals surface area contributed by atoms with Gasteiger partial charge in [-0.3, -0.25) is 0 Å². The van der Waals surface area contributed by atoms with E-state index in [1.54, 1.807) is 0 Å². The van der Waals surface area contributed by atoms with Crippen molar-refractivity contribution >= 4 is 22.1 Å². The van der Waals surface area contributed by atoms with Crippen LogP contribution in [0.2, 0.25) is 0 Å². The highest BCUT2D eigenvalue weighted by Crippen LogP contribution is 2.27. The Kier molecular flexibility index (Phi) is 3.00. The number of hydrogen-bond donors (Lipinski definition) is 2. The molecule has 104 valence electrons. The minimum Gasteiger partial charge on any atom is -0.384 e. The molecule has 0 saturated carbocycles. The Balaban J connectivity index is 1.57. The fraction of sp³-hybridized carbons (Fsp3) is 0.158. The van der Waals surface area contributed by atoms with Crippen LogP contribution in [0, 0.1) is 0 Å². The van der Waals surface area contributed by atoms with Gasteiger partial charge in [0.2, 0.25) is 0 Å². The topological polar surface area (TPSA) is 24.1 Å². The molecule has 21 heavy (non-hydrogen) atoms. The average Bonchev–Trinajstić information content (AvgIpc) is 3.02. The van der Waals surface area contributed by atoms with E-state index in [4.69, 9.17) is 0 Å². The summed E-state index contributed by atoms with van der Waals surface area (Å²) in [5, 5.41) is 9.60. The number of fused-ring (bicyclic) bond motifs is 2. The molecule has 0 aliphatic carbocycles. The van der Waals surface area contributed by atoms with E-state index in [2.05, 4.69) is 71.3 Å². The monoisotopic (exact) mass is 274 g/mol. The van der Waals surface area contributed by atoms with E-state index in [0.29, 0.717) is 0 Å². The summed E-state index contributed by atoms with van der Waals surface area (Å²) >= 11 is 0. The molecule has 3 aromatic carbocycles. The van der Waals surface area contributed by atoms with Crippen LogP contribution in [-0.2, 0) is 13.0 Å². The minimum absolute atomic E-state index is 0.856. The smallest absolute Gasteiger partial charge is 0.0424 e. The number of nitrogens with one attached hydrogen (secondary N) is 2. The summed E-state index contributed by atoms with van der Waals surface area (Å²) in [6.07, 6.45) is 1.14. The maximum absolute atomic E-state index is 3.54. The molecule has 1 aliphatic heterocycles.